The number of hydrogen-bond acceptors (Lipinski definition) is 3. The van der Waals surface area contributed by atoms with Crippen LogP contribution < -0.4 is 0 Å². The molecule has 0 radical (unpaired) electrons. The molecular weight excluding hydrogens is 138 g/mol. The lowest BCUT2D eigenvalue weighted by Gasteiger charge is -2.35. The maximum absolute atomic E-state index is 2.17. The van der Waals surface area contributed by atoms with E-state index in [2.05, 4.69) is 57.0 Å². The van der Waals surface area contributed by atoms with E-state index in [1.165, 1.54) is 0 Å². The summed E-state index contributed by atoms with van der Waals surface area (Å²) in [6.45, 7) is 0. The summed E-state index contributed by atoms with van der Waals surface area (Å²) in [6, 6.07) is 0. The van der Waals surface area contributed by atoms with E-state index < -0.39 is 0 Å². The highest BCUT2D eigenvalue weighted by molar-refractivity contribution is 4.58. The first-order chi connectivity index (χ1) is 4.46. The van der Waals surface area contributed by atoms with Gasteiger partial charge in [0.25, 0.3) is 0 Å². The van der Waals surface area contributed by atoms with Crippen molar-refractivity contribution < 1.29 is 0 Å². The van der Waals surface area contributed by atoms with E-state index in [-0.39, 0.29) is 7.43 Å². The van der Waals surface area contributed by atoms with Gasteiger partial charge in [0.15, 0.2) is 0 Å². The van der Waals surface area contributed by atoms with E-state index in [1.807, 2.05) is 0 Å². The standard InChI is InChI=1S/C7H19N3.CH4/c1-8(2)7(9(3)4)10(5)6;/h7H,1-6H3;1H4. The molecule has 0 aliphatic carbocycles. The lowest BCUT2D eigenvalue weighted by molar-refractivity contribution is 0.00961. The van der Waals surface area contributed by atoms with Crippen molar-refractivity contribution in [3.63, 3.8) is 0 Å². The van der Waals surface area contributed by atoms with Crippen LogP contribution in [0.3, 0.4) is 0 Å². The van der Waals surface area contributed by atoms with Crippen LogP contribution in [0.5, 0.6) is 0 Å². The first-order valence-corrected chi connectivity index (χ1v) is 3.46. The molecule has 0 aromatic heterocycles. The van der Waals surface area contributed by atoms with Crippen LogP contribution in [-0.4, -0.2) is 63.3 Å². The van der Waals surface area contributed by atoms with Crippen LogP contribution in [0, 0.1) is 0 Å². The van der Waals surface area contributed by atoms with Gasteiger partial charge in [0.1, 0.15) is 6.29 Å². The van der Waals surface area contributed by atoms with E-state index in [1.54, 1.807) is 0 Å². The third kappa shape index (κ3) is 4.35. The molecule has 0 unspecified atom stereocenters. The highest BCUT2D eigenvalue weighted by Gasteiger charge is 2.14. The van der Waals surface area contributed by atoms with Gasteiger partial charge in [0.05, 0.1) is 0 Å². The monoisotopic (exact) mass is 161 g/mol. The van der Waals surface area contributed by atoms with Crippen molar-refractivity contribution in [2.75, 3.05) is 42.3 Å². The molecule has 3 nitrogen and oxygen atoms in total. The summed E-state index contributed by atoms with van der Waals surface area (Å²) in [4.78, 5) is 6.50. The molecule has 0 N–H and O–H groups in total. The Balaban J connectivity index is 0. The molecule has 0 heterocycles. The van der Waals surface area contributed by atoms with E-state index in [0.29, 0.717) is 6.29 Å². The van der Waals surface area contributed by atoms with Crippen molar-refractivity contribution in [2.45, 2.75) is 13.7 Å². The van der Waals surface area contributed by atoms with Crippen LogP contribution in [0.1, 0.15) is 7.43 Å². The van der Waals surface area contributed by atoms with Gasteiger partial charge in [-0.15, -0.1) is 0 Å². The van der Waals surface area contributed by atoms with Gasteiger partial charge in [-0.2, -0.15) is 0 Å². The Kier molecular flexibility index (Phi) is 6.76. The second-order valence-electron chi connectivity index (χ2n) is 3.24. The van der Waals surface area contributed by atoms with Gasteiger partial charge < -0.3 is 0 Å². The Hall–Kier alpha value is -0.120. The van der Waals surface area contributed by atoms with Gasteiger partial charge >= 0.3 is 0 Å². The summed E-state index contributed by atoms with van der Waals surface area (Å²) >= 11 is 0. The van der Waals surface area contributed by atoms with Gasteiger partial charge in [0, 0.05) is 0 Å². The maximum atomic E-state index is 2.17. The van der Waals surface area contributed by atoms with Crippen molar-refractivity contribution in [2.24, 2.45) is 0 Å². The molecule has 0 aliphatic heterocycles. The highest BCUT2D eigenvalue weighted by atomic mass is 15.5. The Morgan fingerprint density at radius 2 is 0.818 bits per heavy atom. The normalized spacial score (nSPS) is 11.5. The summed E-state index contributed by atoms with van der Waals surface area (Å²) in [6.07, 6.45) is 0.389. The first-order valence-electron chi connectivity index (χ1n) is 3.46. The molecule has 0 aromatic carbocycles. The second-order valence-corrected chi connectivity index (χ2v) is 3.24. The zero-order valence-corrected chi connectivity index (χ0v) is 7.92. The van der Waals surface area contributed by atoms with E-state index in [0.717, 1.165) is 0 Å². The van der Waals surface area contributed by atoms with Crippen LogP contribution in [0.15, 0.2) is 0 Å². The minimum atomic E-state index is 0. The summed E-state index contributed by atoms with van der Waals surface area (Å²) in [5.74, 6) is 0. The van der Waals surface area contributed by atoms with Crippen LogP contribution in [0.4, 0.5) is 0 Å². The largest absolute Gasteiger partial charge is 0.282 e. The minimum absolute atomic E-state index is 0. The van der Waals surface area contributed by atoms with Crippen molar-refractivity contribution in [1.29, 1.82) is 0 Å². The minimum Gasteiger partial charge on any atom is -0.282 e. The topological polar surface area (TPSA) is 9.72 Å². The molecule has 0 aliphatic rings. The molecule has 11 heavy (non-hydrogen) atoms. The summed E-state index contributed by atoms with van der Waals surface area (Å²) < 4.78 is 0. The van der Waals surface area contributed by atoms with E-state index in [4.69, 9.17) is 0 Å². The molecule has 0 saturated carbocycles. The molecule has 0 rings (SSSR count). The molecule has 0 bridgehead atoms. The summed E-state index contributed by atoms with van der Waals surface area (Å²) in [7, 11) is 12.4. The predicted molar refractivity (Wildman–Crippen MR) is 51.6 cm³/mol. The molecule has 0 atom stereocenters. The predicted octanol–water partition coefficient (Wildman–Crippen LogP) is 0.591. The second kappa shape index (κ2) is 5.52. The van der Waals surface area contributed by atoms with Crippen LogP contribution >= 0.6 is 0 Å². The van der Waals surface area contributed by atoms with Gasteiger partial charge in [0.2, 0.25) is 0 Å². The smallest absolute Gasteiger partial charge is 0.118 e. The molecule has 3 heteroatoms. The quantitative estimate of drug-likeness (QED) is 0.561. The Morgan fingerprint density at radius 3 is 0.818 bits per heavy atom. The fourth-order valence-electron chi connectivity index (χ4n) is 1.39. The number of hydrogen-bond donors (Lipinski definition) is 0. The fraction of sp³-hybridized carbons (Fsp3) is 1.00. The number of nitrogens with zero attached hydrogens (tertiary/aromatic N) is 3. The average molecular weight is 161 g/mol. The van der Waals surface area contributed by atoms with Gasteiger partial charge in [-0.3, -0.25) is 14.7 Å². The van der Waals surface area contributed by atoms with Gasteiger partial charge in [-0.05, 0) is 42.3 Å². The van der Waals surface area contributed by atoms with Gasteiger partial charge in [-0.25, -0.2) is 0 Å². The van der Waals surface area contributed by atoms with Crippen LogP contribution in [0.25, 0.3) is 0 Å². The van der Waals surface area contributed by atoms with Crippen molar-refractivity contribution >= 4 is 0 Å². The Labute approximate surface area is 71.6 Å². The van der Waals surface area contributed by atoms with Crippen molar-refractivity contribution in [3.8, 4) is 0 Å². The lowest BCUT2D eigenvalue weighted by atomic mass is 10.6. The Morgan fingerprint density at radius 1 is 0.636 bits per heavy atom. The van der Waals surface area contributed by atoms with E-state index in [9.17, 15) is 0 Å². The summed E-state index contributed by atoms with van der Waals surface area (Å²) in [5, 5.41) is 0. The molecule has 70 valence electrons. The molecular formula is C8H23N3. The average Bonchev–Trinajstić information content (AvgIpc) is 1.59. The lowest BCUT2D eigenvalue weighted by Crippen LogP contribution is -2.50. The third-order valence-electron chi connectivity index (χ3n) is 1.39. The van der Waals surface area contributed by atoms with Crippen LogP contribution in [-0.2, 0) is 0 Å². The zero-order valence-electron chi connectivity index (χ0n) is 7.92. The molecule has 0 spiro atoms. The fourth-order valence-corrected chi connectivity index (χ4v) is 1.39. The van der Waals surface area contributed by atoms with Crippen LogP contribution in [0.2, 0.25) is 0 Å². The molecule has 0 saturated heterocycles. The van der Waals surface area contributed by atoms with Gasteiger partial charge in [-0.1, -0.05) is 7.43 Å². The number of rotatable bonds is 3. The first kappa shape index (κ1) is 13.5. The molecule has 0 fully saturated rings. The highest BCUT2D eigenvalue weighted by Crippen LogP contribution is 1.98. The SMILES string of the molecule is C.CN(C)C(N(C)C)N(C)C. The molecule has 0 aromatic rings. The van der Waals surface area contributed by atoms with E-state index >= 15 is 0 Å². The Bertz CT molecular complexity index is 70.3. The van der Waals surface area contributed by atoms with Crippen molar-refractivity contribution in [1.82, 2.24) is 14.7 Å². The maximum Gasteiger partial charge on any atom is 0.118 e. The van der Waals surface area contributed by atoms with Crippen molar-refractivity contribution in [3.05, 3.63) is 0 Å². The molecule has 0 amide bonds. The third-order valence-corrected chi connectivity index (χ3v) is 1.39. The zero-order chi connectivity index (χ0) is 8.31. The summed E-state index contributed by atoms with van der Waals surface area (Å²) in [5.41, 5.74) is 0.